The number of ether oxygens (including phenoxy) is 2. The maximum Gasteiger partial charge on any atom is 0.258 e. The van der Waals surface area contributed by atoms with E-state index in [0.29, 0.717) is 31.0 Å². The topological polar surface area (TPSA) is 38.8 Å². The largest absolute Gasteiger partial charge is 0.497 e. The highest BCUT2D eigenvalue weighted by atomic mass is 16.5. The van der Waals surface area contributed by atoms with E-state index in [-0.39, 0.29) is 5.91 Å². The van der Waals surface area contributed by atoms with Crippen LogP contribution in [-0.2, 0) is 6.54 Å². The van der Waals surface area contributed by atoms with Gasteiger partial charge in [-0.05, 0) is 41.0 Å². The summed E-state index contributed by atoms with van der Waals surface area (Å²) in [6.45, 7) is 1.64. The molecule has 4 nitrogen and oxygen atoms in total. The zero-order valence-electron chi connectivity index (χ0n) is 15.2. The van der Waals surface area contributed by atoms with Crippen LogP contribution < -0.4 is 9.47 Å². The van der Waals surface area contributed by atoms with Crippen molar-refractivity contribution >= 4 is 5.91 Å². The molecule has 136 valence electrons. The predicted molar refractivity (Wildman–Crippen MR) is 105 cm³/mol. The Hall–Kier alpha value is -3.27. The highest BCUT2D eigenvalue weighted by Crippen LogP contribution is 2.30. The Morgan fingerprint density at radius 3 is 2.44 bits per heavy atom. The zero-order valence-corrected chi connectivity index (χ0v) is 15.2. The Kier molecular flexibility index (Phi) is 4.79. The van der Waals surface area contributed by atoms with Crippen molar-refractivity contribution in [1.29, 1.82) is 0 Å². The summed E-state index contributed by atoms with van der Waals surface area (Å²) >= 11 is 0. The predicted octanol–water partition coefficient (Wildman–Crippen LogP) is 4.40. The van der Waals surface area contributed by atoms with Crippen molar-refractivity contribution in [3.63, 3.8) is 0 Å². The van der Waals surface area contributed by atoms with Crippen molar-refractivity contribution in [2.24, 2.45) is 0 Å². The lowest BCUT2D eigenvalue weighted by molar-refractivity contribution is 0.0743. The zero-order chi connectivity index (χ0) is 18.6. The van der Waals surface area contributed by atoms with Gasteiger partial charge in [-0.25, -0.2) is 0 Å². The highest BCUT2D eigenvalue weighted by Gasteiger charge is 2.24. The minimum absolute atomic E-state index is 0.00159. The summed E-state index contributed by atoms with van der Waals surface area (Å²) in [7, 11) is 1.65. The van der Waals surface area contributed by atoms with E-state index in [2.05, 4.69) is 0 Å². The van der Waals surface area contributed by atoms with Gasteiger partial charge in [-0.2, -0.15) is 0 Å². The minimum Gasteiger partial charge on any atom is -0.497 e. The van der Waals surface area contributed by atoms with Gasteiger partial charge in [-0.3, -0.25) is 4.79 Å². The second-order valence-electron chi connectivity index (χ2n) is 6.50. The average molecular weight is 359 g/mol. The minimum atomic E-state index is 0.00159. The van der Waals surface area contributed by atoms with Crippen LogP contribution >= 0.6 is 0 Å². The molecule has 0 aliphatic carbocycles. The van der Waals surface area contributed by atoms with Crippen molar-refractivity contribution < 1.29 is 14.3 Å². The normalized spacial score (nSPS) is 13.5. The van der Waals surface area contributed by atoms with E-state index < -0.39 is 0 Å². The molecule has 0 spiro atoms. The molecule has 27 heavy (non-hydrogen) atoms. The fourth-order valence-corrected chi connectivity index (χ4v) is 3.28. The van der Waals surface area contributed by atoms with Gasteiger partial charge in [0.2, 0.25) is 0 Å². The number of carbonyl (C=O) groups is 1. The van der Waals surface area contributed by atoms with Crippen molar-refractivity contribution in [3.8, 4) is 22.6 Å². The number of rotatable bonds is 4. The molecule has 0 fully saturated rings. The maximum atomic E-state index is 13.2. The van der Waals surface area contributed by atoms with E-state index in [1.54, 1.807) is 7.11 Å². The molecule has 0 bridgehead atoms. The smallest absolute Gasteiger partial charge is 0.258 e. The van der Waals surface area contributed by atoms with Gasteiger partial charge in [0, 0.05) is 6.54 Å². The van der Waals surface area contributed by atoms with Crippen molar-refractivity contribution in [2.45, 2.75) is 6.54 Å². The molecular weight excluding hydrogens is 338 g/mol. The second kappa shape index (κ2) is 7.54. The summed E-state index contributed by atoms with van der Waals surface area (Å²) in [4.78, 5) is 15.0. The number of hydrogen-bond donors (Lipinski definition) is 0. The maximum absolute atomic E-state index is 13.2. The van der Waals surface area contributed by atoms with Gasteiger partial charge in [0.05, 0.1) is 19.2 Å². The van der Waals surface area contributed by atoms with Gasteiger partial charge in [0.15, 0.2) is 0 Å². The molecule has 3 aromatic rings. The molecule has 0 saturated carbocycles. The van der Waals surface area contributed by atoms with Crippen LogP contribution in [0.5, 0.6) is 11.5 Å². The third kappa shape index (κ3) is 3.65. The number of nitrogens with zero attached hydrogens (tertiary/aromatic N) is 1. The molecule has 4 heteroatoms. The molecule has 1 aliphatic rings. The summed E-state index contributed by atoms with van der Waals surface area (Å²) in [5.41, 5.74) is 3.73. The van der Waals surface area contributed by atoms with E-state index in [9.17, 15) is 4.79 Å². The van der Waals surface area contributed by atoms with Crippen molar-refractivity contribution in [3.05, 3.63) is 83.9 Å². The van der Waals surface area contributed by atoms with Crippen LogP contribution in [0.1, 0.15) is 15.9 Å². The number of benzene rings is 3. The van der Waals surface area contributed by atoms with Crippen LogP contribution in [0.2, 0.25) is 0 Å². The number of hydrogen-bond acceptors (Lipinski definition) is 3. The SMILES string of the molecule is COc1ccc(-c2ccc3c(c2)C(=O)N(Cc2ccccc2)CCO3)cc1. The third-order valence-corrected chi connectivity index (χ3v) is 4.76. The molecule has 1 aliphatic heterocycles. The fourth-order valence-electron chi connectivity index (χ4n) is 3.28. The fraction of sp³-hybridized carbons (Fsp3) is 0.174. The molecule has 0 aromatic heterocycles. The molecule has 0 radical (unpaired) electrons. The van der Waals surface area contributed by atoms with E-state index in [0.717, 1.165) is 22.4 Å². The first kappa shape index (κ1) is 17.2. The standard InChI is InChI=1S/C23H21NO3/c1-26-20-10-7-18(8-11-20)19-9-12-22-21(15-19)23(25)24(13-14-27-22)16-17-5-3-2-4-6-17/h2-12,15H,13-14,16H2,1H3. The molecule has 0 unspecified atom stereocenters. The van der Waals surface area contributed by atoms with Gasteiger partial charge < -0.3 is 14.4 Å². The van der Waals surface area contributed by atoms with Gasteiger partial charge >= 0.3 is 0 Å². The van der Waals surface area contributed by atoms with E-state index in [4.69, 9.17) is 9.47 Å². The molecule has 1 heterocycles. The molecule has 0 N–H and O–H groups in total. The highest BCUT2D eigenvalue weighted by molar-refractivity contribution is 5.98. The lowest BCUT2D eigenvalue weighted by atomic mass is 10.0. The van der Waals surface area contributed by atoms with Gasteiger partial charge in [0.25, 0.3) is 5.91 Å². The quantitative estimate of drug-likeness (QED) is 0.693. The second-order valence-corrected chi connectivity index (χ2v) is 6.50. The Morgan fingerprint density at radius 1 is 0.963 bits per heavy atom. The molecular formula is C23H21NO3. The Morgan fingerprint density at radius 2 is 1.70 bits per heavy atom. The first-order valence-electron chi connectivity index (χ1n) is 8.99. The first-order valence-corrected chi connectivity index (χ1v) is 8.99. The van der Waals surface area contributed by atoms with Gasteiger partial charge in [-0.15, -0.1) is 0 Å². The first-order chi connectivity index (χ1) is 13.2. The molecule has 4 rings (SSSR count). The number of amides is 1. The number of methoxy groups -OCH3 is 1. The molecule has 1 amide bonds. The van der Waals surface area contributed by atoms with Crippen molar-refractivity contribution in [2.75, 3.05) is 20.3 Å². The summed E-state index contributed by atoms with van der Waals surface area (Å²) in [6, 6.07) is 23.6. The third-order valence-electron chi connectivity index (χ3n) is 4.76. The lowest BCUT2D eigenvalue weighted by Gasteiger charge is -2.20. The monoisotopic (exact) mass is 359 g/mol. The van der Waals surface area contributed by atoms with Crippen molar-refractivity contribution in [1.82, 2.24) is 4.90 Å². The van der Waals surface area contributed by atoms with Crippen LogP contribution in [0.3, 0.4) is 0 Å². The van der Waals surface area contributed by atoms with E-state index in [1.165, 1.54) is 0 Å². The average Bonchev–Trinajstić information content (AvgIpc) is 2.88. The molecule has 0 atom stereocenters. The number of carbonyl (C=O) groups excluding carboxylic acids is 1. The molecule has 3 aromatic carbocycles. The Balaban J connectivity index is 1.64. The number of fused-ring (bicyclic) bond motifs is 1. The summed E-state index contributed by atoms with van der Waals surface area (Å²) in [5.74, 6) is 1.46. The van der Waals surface area contributed by atoms with E-state index >= 15 is 0 Å². The van der Waals surface area contributed by atoms with Crippen LogP contribution in [0.15, 0.2) is 72.8 Å². The summed E-state index contributed by atoms with van der Waals surface area (Å²) in [5, 5.41) is 0. The van der Waals surface area contributed by atoms with Gasteiger partial charge in [-0.1, -0.05) is 48.5 Å². The summed E-state index contributed by atoms with van der Waals surface area (Å²) in [6.07, 6.45) is 0. The van der Waals surface area contributed by atoms with E-state index in [1.807, 2.05) is 77.7 Å². The lowest BCUT2D eigenvalue weighted by Crippen LogP contribution is -2.31. The van der Waals surface area contributed by atoms with Crippen LogP contribution in [0.25, 0.3) is 11.1 Å². The Bertz CT molecular complexity index is 936. The Labute approximate surface area is 159 Å². The van der Waals surface area contributed by atoms with Crippen LogP contribution in [-0.4, -0.2) is 31.1 Å². The van der Waals surface area contributed by atoms with Gasteiger partial charge in [0.1, 0.15) is 18.1 Å². The van der Waals surface area contributed by atoms with Crippen LogP contribution in [0, 0.1) is 0 Å². The summed E-state index contributed by atoms with van der Waals surface area (Å²) < 4.78 is 11.1. The molecule has 0 saturated heterocycles. The van der Waals surface area contributed by atoms with Crippen LogP contribution in [0.4, 0.5) is 0 Å².